The zero-order chi connectivity index (χ0) is 16.0. The van der Waals surface area contributed by atoms with Gasteiger partial charge >= 0.3 is 0 Å². The van der Waals surface area contributed by atoms with Gasteiger partial charge in [-0.2, -0.15) is 4.89 Å². The first kappa shape index (κ1) is 15.5. The molecule has 0 aliphatic heterocycles. The van der Waals surface area contributed by atoms with Crippen LogP contribution >= 0.6 is 0 Å². The average Bonchev–Trinajstić information content (AvgIpc) is 2.63. The Balaban J connectivity index is 2.00. The standard InChI is InChI=1S/C21H18O2/c22-23-21(20-14-8-3-9-15-20,16-18-10-4-1-5-11-18)17-19-12-6-2-7-13-19/h1-16H,17H2. The van der Waals surface area contributed by atoms with Crippen LogP contribution in [0.15, 0.2) is 91.0 Å². The molecular formula is C21H18O2. The van der Waals surface area contributed by atoms with E-state index >= 15 is 0 Å². The Morgan fingerprint density at radius 2 is 1.26 bits per heavy atom. The molecule has 0 spiro atoms. The Hall–Kier alpha value is -2.42. The van der Waals surface area contributed by atoms with Crippen LogP contribution < -0.4 is 0 Å². The largest absolute Gasteiger partial charge is 0.191 e. The van der Waals surface area contributed by atoms with Gasteiger partial charge in [-0.15, -0.1) is 0 Å². The predicted molar refractivity (Wildman–Crippen MR) is 89.9 cm³/mol. The van der Waals surface area contributed by atoms with Crippen LogP contribution in [0, 0.1) is 6.42 Å². The smallest absolute Gasteiger partial charge is 0.143 e. The van der Waals surface area contributed by atoms with Crippen molar-refractivity contribution >= 4 is 0 Å². The number of benzene rings is 3. The highest BCUT2D eigenvalue weighted by Crippen LogP contribution is 2.35. The Morgan fingerprint density at radius 3 is 1.83 bits per heavy atom. The van der Waals surface area contributed by atoms with Crippen LogP contribution in [-0.4, -0.2) is 0 Å². The molecule has 2 nitrogen and oxygen atoms in total. The average molecular weight is 302 g/mol. The molecule has 0 fully saturated rings. The van der Waals surface area contributed by atoms with Crippen molar-refractivity contribution in [1.29, 1.82) is 0 Å². The van der Waals surface area contributed by atoms with Gasteiger partial charge < -0.3 is 0 Å². The van der Waals surface area contributed by atoms with Crippen LogP contribution in [0.3, 0.4) is 0 Å². The lowest BCUT2D eigenvalue weighted by atomic mass is 9.82. The molecule has 0 aliphatic carbocycles. The second-order valence-electron chi connectivity index (χ2n) is 5.56. The highest BCUT2D eigenvalue weighted by Gasteiger charge is 2.35. The molecular weight excluding hydrogens is 284 g/mol. The predicted octanol–water partition coefficient (Wildman–Crippen LogP) is 4.74. The summed E-state index contributed by atoms with van der Waals surface area (Å²) in [5.41, 5.74) is 1.83. The summed E-state index contributed by atoms with van der Waals surface area (Å²) in [4.78, 5) is 4.83. The van der Waals surface area contributed by atoms with Gasteiger partial charge in [-0.25, -0.2) is 0 Å². The fraction of sp³-hybridized carbons (Fsp3) is 0.0952. The molecule has 0 amide bonds. The van der Waals surface area contributed by atoms with E-state index in [2.05, 4.69) is 0 Å². The summed E-state index contributed by atoms with van der Waals surface area (Å²) in [6, 6.07) is 29.4. The molecule has 3 rings (SSSR count). The minimum absolute atomic E-state index is 0.482. The van der Waals surface area contributed by atoms with E-state index in [1.54, 1.807) is 0 Å². The lowest BCUT2D eigenvalue weighted by Crippen LogP contribution is -2.32. The van der Waals surface area contributed by atoms with Crippen molar-refractivity contribution in [2.75, 3.05) is 0 Å². The maximum absolute atomic E-state index is 11.8. The summed E-state index contributed by atoms with van der Waals surface area (Å²) in [5.74, 6) is 0. The van der Waals surface area contributed by atoms with Crippen LogP contribution in [0.2, 0.25) is 0 Å². The fourth-order valence-electron chi connectivity index (χ4n) is 2.78. The highest BCUT2D eigenvalue weighted by molar-refractivity contribution is 5.37. The van der Waals surface area contributed by atoms with Crippen LogP contribution in [0.5, 0.6) is 0 Å². The molecule has 0 heterocycles. The van der Waals surface area contributed by atoms with Gasteiger partial charge in [-0.1, -0.05) is 91.0 Å². The van der Waals surface area contributed by atoms with Gasteiger partial charge in [0.1, 0.15) is 5.60 Å². The normalized spacial score (nSPS) is 11.3. The van der Waals surface area contributed by atoms with Crippen LogP contribution in [0.25, 0.3) is 0 Å². The molecule has 0 aromatic heterocycles. The second-order valence-corrected chi connectivity index (χ2v) is 5.56. The minimum Gasteiger partial charge on any atom is -0.191 e. The Bertz CT molecular complexity index is 667. The van der Waals surface area contributed by atoms with E-state index in [4.69, 9.17) is 4.89 Å². The van der Waals surface area contributed by atoms with E-state index in [0.717, 1.165) is 16.7 Å². The Morgan fingerprint density at radius 1 is 0.739 bits per heavy atom. The van der Waals surface area contributed by atoms with E-state index in [1.165, 1.54) is 0 Å². The summed E-state index contributed by atoms with van der Waals surface area (Å²) in [5, 5.41) is 11.8. The van der Waals surface area contributed by atoms with Gasteiger partial charge in [0, 0.05) is 12.8 Å². The van der Waals surface area contributed by atoms with Crippen molar-refractivity contribution < 1.29 is 10.1 Å². The third kappa shape index (κ3) is 3.67. The summed E-state index contributed by atoms with van der Waals surface area (Å²) in [7, 11) is 0. The van der Waals surface area contributed by atoms with Crippen molar-refractivity contribution in [1.82, 2.24) is 0 Å². The second kappa shape index (κ2) is 7.23. The van der Waals surface area contributed by atoms with Crippen molar-refractivity contribution in [2.45, 2.75) is 12.0 Å². The van der Waals surface area contributed by atoms with Gasteiger partial charge in [0.25, 0.3) is 0 Å². The summed E-state index contributed by atoms with van der Waals surface area (Å²) < 4.78 is 0. The molecule has 0 N–H and O–H groups in total. The summed E-state index contributed by atoms with van der Waals surface area (Å²) >= 11 is 0. The summed E-state index contributed by atoms with van der Waals surface area (Å²) in [6.45, 7) is 0. The molecule has 0 bridgehead atoms. The van der Waals surface area contributed by atoms with E-state index in [-0.39, 0.29) is 0 Å². The number of rotatable bonds is 6. The molecule has 23 heavy (non-hydrogen) atoms. The fourth-order valence-corrected chi connectivity index (χ4v) is 2.78. The third-order valence-electron chi connectivity index (χ3n) is 3.92. The van der Waals surface area contributed by atoms with Crippen LogP contribution in [-0.2, 0) is 22.2 Å². The van der Waals surface area contributed by atoms with Crippen LogP contribution in [0.4, 0.5) is 0 Å². The van der Waals surface area contributed by atoms with Crippen LogP contribution in [0.1, 0.15) is 16.7 Å². The lowest BCUT2D eigenvalue weighted by molar-refractivity contribution is -0.369. The van der Waals surface area contributed by atoms with E-state index in [9.17, 15) is 5.26 Å². The van der Waals surface area contributed by atoms with Gasteiger partial charge in [-0.05, 0) is 21.9 Å². The van der Waals surface area contributed by atoms with Crippen molar-refractivity contribution in [3.05, 3.63) is 114 Å². The molecule has 114 valence electrons. The van der Waals surface area contributed by atoms with Gasteiger partial charge in [0.2, 0.25) is 0 Å². The first-order chi connectivity index (χ1) is 11.3. The van der Waals surface area contributed by atoms with Crippen molar-refractivity contribution in [3.63, 3.8) is 0 Å². The van der Waals surface area contributed by atoms with E-state index in [0.29, 0.717) is 6.42 Å². The monoisotopic (exact) mass is 302 g/mol. The molecule has 0 saturated carbocycles. The highest BCUT2D eigenvalue weighted by atomic mass is 17.1. The molecule has 1 atom stereocenters. The van der Waals surface area contributed by atoms with Gasteiger partial charge in [0.05, 0.1) is 0 Å². The number of hydrogen-bond donors (Lipinski definition) is 0. The topological polar surface area (TPSA) is 29.1 Å². The first-order valence-electron chi connectivity index (χ1n) is 7.64. The Labute approximate surface area is 136 Å². The number of hydrogen-bond acceptors (Lipinski definition) is 1. The molecule has 1 unspecified atom stereocenters. The van der Waals surface area contributed by atoms with Crippen molar-refractivity contribution in [3.8, 4) is 0 Å². The Kier molecular flexibility index (Phi) is 4.86. The van der Waals surface area contributed by atoms with Gasteiger partial charge in [0.15, 0.2) is 0 Å². The molecule has 3 aromatic carbocycles. The third-order valence-corrected chi connectivity index (χ3v) is 3.92. The summed E-state index contributed by atoms with van der Waals surface area (Å²) in [6.07, 6.45) is 2.39. The molecule has 2 heteroatoms. The quantitative estimate of drug-likeness (QED) is 0.477. The van der Waals surface area contributed by atoms with E-state index < -0.39 is 5.60 Å². The molecule has 3 aromatic rings. The van der Waals surface area contributed by atoms with Gasteiger partial charge in [-0.3, -0.25) is 0 Å². The zero-order valence-electron chi connectivity index (χ0n) is 12.8. The molecule has 0 aliphatic rings. The maximum atomic E-state index is 11.8. The lowest BCUT2D eigenvalue weighted by Gasteiger charge is -2.30. The maximum Gasteiger partial charge on any atom is 0.143 e. The molecule has 0 saturated heterocycles. The minimum atomic E-state index is -1.04. The zero-order valence-corrected chi connectivity index (χ0v) is 12.8. The molecule has 2 radical (unpaired) electrons. The SMILES string of the molecule is [O]OC([CH]c1ccccc1)(Cc1ccccc1)c1ccccc1. The van der Waals surface area contributed by atoms with Crippen molar-refractivity contribution in [2.24, 2.45) is 0 Å². The first-order valence-corrected chi connectivity index (χ1v) is 7.64. The van der Waals surface area contributed by atoms with E-state index in [1.807, 2.05) is 97.4 Å².